The first-order chi connectivity index (χ1) is 6.97. The highest BCUT2D eigenvalue weighted by Crippen LogP contribution is 2.19. The molecule has 5 atom stereocenters. The highest BCUT2D eigenvalue weighted by atomic mass is 16.6. The molecule has 2 amide bonds. The molecule has 0 aromatic heterocycles. The predicted octanol–water partition coefficient (Wildman–Crippen LogP) is -3.55. The molecule has 88 valence electrons. The van der Waals surface area contributed by atoms with Crippen LogP contribution in [0.4, 0.5) is 4.79 Å². The molecule has 1 heterocycles. The number of rotatable bonds is 2. The average molecular weight is 222 g/mol. The number of ether oxygens (including phenoxy) is 1. The lowest BCUT2D eigenvalue weighted by Crippen LogP contribution is -2.64. The van der Waals surface area contributed by atoms with Gasteiger partial charge >= 0.3 is 6.03 Å². The molecule has 0 saturated carbocycles. The summed E-state index contributed by atoms with van der Waals surface area (Å²) in [5, 5.41) is 39.0. The van der Waals surface area contributed by atoms with Crippen molar-refractivity contribution < 1.29 is 30.0 Å². The highest BCUT2D eigenvalue weighted by molar-refractivity contribution is 5.72. The minimum atomic E-state index is -1.53. The normalized spacial score (nSPS) is 41.2. The number of hydrogen-bond acceptors (Lipinski definition) is 6. The highest BCUT2D eigenvalue weighted by Gasteiger charge is 2.44. The minimum Gasteiger partial charge on any atom is -0.394 e. The number of nitrogens with one attached hydrogen (secondary N) is 1. The van der Waals surface area contributed by atoms with Crippen molar-refractivity contribution in [3.8, 4) is 0 Å². The molecule has 0 aromatic rings. The maximum absolute atomic E-state index is 10.5. The van der Waals surface area contributed by atoms with Crippen molar-refractivity contribution in [1.29, 1.82) is 0 Å². The zero-order valence-corrected chi connectivity index (χ0v) is 7.78. The van der Waals surface area contributed by atoms with Crippen LogP contribution in [-0.4, -0.2) is 63.7 Å². The van der Waals surface area contributed by atoms with E-state index in [1.54, 1.807) is 0 Å². The Kier molecular flexibility index (Phi) is 3.83. The molecular formula is C7H14N2O6. The molecule has 15 heavy (non-hydrogen) atoms. The van der Waals surface area contributed by atoms with Gasteiger partial charge in [0.15, 0.2) is 6.29 Å². The maximum atomic E-state index is 10.5. The lowest BCUT2D eigenvalue weighted by molar-refractivity contribution is -0.252. The quantitative estimate of drug-likeness (QED) is 0.285. The van der Waals surface area contributed by atoms with Gasteiger partial charge in [0, 0.05) is 0 Å². The molecule has 0 aromatic carbocycles. The molecular weight excluding hydrogens is 208 g/mol. The standard InChI is InChI=1S/C7H14N2O6/c8-7(14)9-3-5(12)4(11)2(1-10)15-6(3)13/h2-6,10-13H,1H2,(H3,8,9,14)/t2-,3+,4+,5+,6-/m1/s1. The van der Waals surface area contributed by atoms with E-state index in [1.807, 2.05) is 5.32 Å². The van der Waals surface area contributed by atoms with Crippen LogP contribution in [0.5, 0.6) is 0 Å². The molecule has 0 radical (unpaired) electrons. The summed E-state index contributed by atoms with van der Waals surface area (Å²) in [4.78, 5) is 10.5. The van der Waals surface area contributed by atoms with Crippen LogP contribution in [0.3, 0.4) is 0 Å². The number of carbonyl (C=O) groups excluding carboxylic acids is 1. The van der Waals surface area contributed by atoms with Gasteiger partial charge < -0.3 is 36.2 Å². The molecule has 1 rings (SSSR count). The molecule has 1 fully saturated rings. The summed E-state index contributed by atoms with van der Waals surface area (Å²) in [6, 6.07) is -2.18. The largest absolute Gasteiger partial charge is 0.394 e. The predicted molar refractivity (Wildman–Crippen MR) is 46.5 cm³/mol. The first kappa shape index (κ1) is 12.1. The van der Waals surface area contributed by atoms with E-state index in [2.05, 4.69) is 0 Å². The third kappa shape index (κ3) is 2.55. The number of amides is 2. The third-order valence-electron chi connectivity index (χ3n) is 2.21. The SMILES string of the molecule is NC(=O)N[C@H]1[C@H](O)[C@@H](O)[C@@H](CO)O[C@H]1O. The Morgan fingerprint density at radius 3 is 2.40 bits per heavy atom. The zero-order valence-electron chi connectivity index (χ0n) is 7.78. The van der Waals surface area contributed by atoms with Crippen molar-refractivity contribution in [1.82, 2.24) is 5.32 Å². The van der Waals surface area contributed by atoms with E-state index < -0.39 is 43.3 Å². The molecule has 1 aliphatic rings. The Morgan fingerprint density at radius 2 is 1.93 bits per heavy atom. The van der Waals surface area contributed by atoms with Gasteiger partial charge in [0.1, 0.15) is 24.4 Å². The summed E-state index contributed by atoms with van der Waals surface area (Å²) < 4.78 is 4.76. The van der Waals surface area contributed by atoms with Crippen LogP contribution in [0.2, 0.25) is 0 Å². The number of aliphatic hydroxyl groups excluding tert-OH is 4. The number of nitrogens with two attached hydrogens (primary N) is 1. The molecule has 0 spiro atoms. The average Bonchev–Trinajstić information content (AvgIpc) is 2.18. The van der Waals surface area contributed by atoms with Crippen molar-refractivity contribution in [2.75, 3.05) is 6.61 Å². The number of hydrogen-bond donors (Lipinski definition) is 6. The van der Waals surface area contributed by atoms with E-state index in [1.165, 1.54) is 0 Å². The lowest BCUT2D eigenvalue weighted by atomic mass is 9.97. The summed E-state index contributed by atoms with van der Waals surface area (Å²) in [7, 11) is 0. The van der Waals surface area contributed by atoms with Crippen molar-refractivity contribution in [2.45, 2.75) is 30.6 Å². The molecule has 0 unspecified atom stereocenters. The van der Waals surface area contributed by atoms with Gasteiger partial charge in [-0.15, -0.1) is 0 Å². The van der Waals surface area contributed by atoms with Crippen molar-refractivity contribution >= 4 is 6.03 Å². The first-order valence-corrected chi connectivity index (χ1v) is 4.34. The fourth-order valence-electron chi connectivity index (χ4n) is 1.42. The fraction of sp³-hybridized carbons (Fsp3) is 0.857. The molecule has 0 aliphatic carbocycles. The number of urea groups is 1. The van der Waals surface area contributed by atoms with Crippen molar-refractivity contribution in [3.05, 3.63) is 0 Å². The number of primary amides is 1. The Bertz CT molecular complexity index is 238. The van der Waals surface area contributed by atoms with Crippen molar-refractivity contribution in [3.63, 3.8) is 0 Å². The molecule has 1 saturated heterocycles. The van der Waals surface area contributed by atoms with Crippen LogP contribution in [-0.2, 0) is 4.74 Å². The Labute approximate surface area is 85.3 Å². The second-order valence-corrected chi connectivity index (χ2v) is 3.26. The summed E-state index contributed by atoms with van der Waals surface area (Å²) in [5.41, 5.74) is 4.80. The Hall–Kier alpha value is -0.930. The second-order valence-electron chi connectivity index (χ2n) is 3.26. The van der Waals surface area contributed by atoms with Gasteiger partial charge in [0.05, 0.1) is 6.61 Å². The lowest BCUT2D eigenvalue weighted by Gasteiger charge is -2.39. The van der Waals surface area contributed by atoms with E-state index in [-0.39, 0.29) is 0 Å². The van der Waals surface area contributed by atoms with E-state index in [0.717, 1.165) is 0 Å². The van der Waals surface area contributed by atoms with Gasteiger partial charge in [0.2, 0.25) is 0 Å². The van der Waals surface area contributed by atoms with Gasteiger partial charge in [-0.2, -0.15) is 0 Å². The molecule has 1 aliphatic heterocycles. The van der Waals surface area contributed by atoms with Crippen LogP contribution < -0.4 is 11.1 Å². The summed E-state index contributed by atoms with van der Waals surface area (Å²) >= 11 is 0. The van der Waals surface area contributed by atoms with Gasteiger partial charge in [0.25, 0.3) is 0 Å². The van der Waals surface area contributed by atoms with Crippen LogP contribution in [0.1, 0.15) is 0 Å². The Balaban J connectivity index is 2.70. The monoisotopic (exact) mass is 222 g/mol. The van der Waals surface area contributed by atoms with Crippen LogP contribution in [0.25, 0.3) is 0 Å². The van der Waals surface area contributed by atoms with Crippen LogP contribution in [0, 0.1) is 0 Å². The number of aliphatic hydroxyl groups is 4. The second kappa shape index (κ2) is 4.73. The zero-order chi connectivity index (χ0) is 11.6. The summed E-state index contributed by atoms with van der Waals surface area (Å²) in [5.74, 6) is 0. The van der Waals surface area contributed by atoms with Crippen molar-refractivity contribution in [2.24, 2.45) is 5.73 Å². The smallest absolute Gasteiger partial charge is 0.312 e. The third-order valence-corrected chi connectivity index (χ3v) is 2.21. The molecule has 7 N–H and O–H groups in total. The molecule has 8 nitrogen and oxygen atoms in total. The van der Waals surface area contributed by atoms with E-state index in [9.17, 15) is 20.1 Å². The summed E-state index contributed by atoms with van der Waals surface area (Å²) in [6.07, 6.45) is -5.50. The Morgan fingerprint density at radius 1 is 1.33 bits per heavy atom. The van der Waals surface area contributed by atoms with Gasteiger partial charge in [-0.25, -0.2) is 4.79 Å². The van der Waals surface area contributed by atoms with Gasteiger partial charge in [-0.05, 0) is 0 Å². The van der Waals surface area contributed by atoms with E-state index >= 15 is 0 Å². The minimum absolute atomic E-state index is 0.557. The van der Waals surface area contributed by atoms with Crippen LogP contribution >= 0.6 is 0 Å². The molecule has 8 heteroatoms. The first-order valence-electron chi connectivity index (χ1n) is 4.34. The van der Waals surface area contributed by atoms with E-state index in [0.29, 0.717) is 0 Å². The van der Waals surface area contributed by atoms with Gasteiger partial charge in [-0.3, -0.25) is 0 Å². The van der Waals surface area contributed by atoms with Crippen LogP contribution in [0.15, 0.2) is 0 Å². The summed E-state index contributed by atoms with van der Waals surface area (Å²) in [6.45, 7) is -0.557. The maximum Gasteiger partial charge on any atom is 0.312 e. The molecule has 0 bridgehead atoms. The van der Waals surface area contributed by atoms with Gasteiger partial charge in [-0.1, -0.05) is 0 Å². The topological polar surface area (TPSA) is 145 Å². The number of carbonyl (C=O) groups is 1. The van der Waals surface area contributed by atoms with E-state index in [4.69, 9.17) is 15.6 Å². The fourth-order valence-corrected chi connectivity index (χ4v) is 1.42.